The quantitative estimate of drug-likeness (QED) is 0.764. The van der Waals surface area contributed by atoms with Crippen LogP contribution in [0.4, 0.5) is 0 Å². The number of aromatic nitrogens is 1. The summed E-state index contributed by atoms with van der Waals surface area (Å²) in [4.78, 5) is 15.8. The number of carbonyl (C=O) groups is 1. The molecule has 100 valence electrons. The first-order valence-corrected chi connectivity index (χ1v) is 6.20. The number of nitrogens with zero attached hydrogens (tertiary/aromatic N) is 1. The average molecular weight is 251 g/mol. The lowest BCUT2D eigenvalue weighted by molar-refractivity contribution is -0.122. The molecule has 0 saturated carbocycles. The molecule has 1 unspecified atom stereocenters. The fraction of sp³-hybridized carbons (Fsp3) is 0.538. The lowest BCUT2D eigenvalue weighted by atomic mass is 10.1. The van der Waals surface area contributed by atoms with E-state index < -0.39 is 6.04 Å². The molecule has 5 nitrogen and oxygen atoms in total. The van der Waals surface area contributed by atoms with E-state index in [0.29, 0.717) is 18.8 Å². The first kappa shape index (κ1) is 14.4. The van der Waals surface area contributed by atoms with Crippen LogP contribution < -0.4 is 15.8 Å². The first-order chi connectivity index (χ1) is 8.69. The van der Waals surface area contributed by atoms with Crippen molar-refractivity contribution in [3.63, 3.8) is 0 Å². The third kappa shape index (κ3) is 4.33. The second kappa shape index (κ2) is 7.66. The number of methoxy groups -OCH3 is 1. The summed E-state index contributed by atoms with van der Waals surface area (Å²) in [5.41, 5.74) is 6.62. The Labute approximate surface area is 108 Å². The van der Waals surface area contributed by atoms with E-state index in [1.165, 1.54) is 0 Å². The molecule has 1 rings (SSSR count). The zero-order chi connectivity index (χ0) is 13.4. The number of amides is 1. The van der Waals surface area contributed by atoms with E-state index in [1.54, 1.807) is 19.4 Å². The van der Waals surface area contributed by atoms with Gasteiger partial charge in [0.25, 0.3) is 0 Å². The Morgan fingerprint density at radius 1 is 1.61 bits per heavy atom. The minimum absolute atomic E-state index is 0.130. The second-order valence-electron chi connectivity index (χ2n) is 4.14. The van der Waals surface area contributed by atoms with Crippen molar-refractivity contribution >= 4 is 5.91 Å². The van der Waals surface area contributed by atoms with E-state index in [4.69, 9.17) is 10.5 Å². The fourth-order valence-electron chi connectivity index (χ4n) is 1.61. The molecule has 3 N–H and O–H groups in total. The molecule has 0 radical (unpaired) electrons. The van der Waals surface area contributed by atoms with Crippen molar-refractivity contribution < 1.29 is 9.53 Å². The summed E-state index contributed by atoms with van der Waals surface area (Å²) >= 11 is 0. The monoisotopic (exact) mass is 251 g/mol. The number of unbranched alkanes of at least 4 members (excludes halogenated alkanes) is 1. The summed E-state index contributed by atoms with van der Waals surface area (Å²) in [6.45, 7) is 2.46. The van der Waals surface area contributed by atoms with Crippen LogP contribution in [0.15, 0.2) is 18.3 Å². The molecule has 1 heterocycles. The van der Waals surface area contributed by atoms with E-state index in [0.717, 1.165) is 18.4 Å². The van der Waals surface area contributed by atoms with Crippen molar-refractivity contribution in [2.24, 2.45) is 5.73 Å². The van der Waals surface area contributed by atoms with Crippen molar-refractivity contribution in [3.05, 3.63) is 23.9 Å². The van der Waals surface area contributed by atoms with Gasteiger partial charge in [-0.3, -0.25) is 4.79 Å². The summed E-state index contributed by atoms with van der Waals surface area (Å²) in [5, 5.41) is 2.80. The molecule has 0 saturated heterocycles. The first-order valence-electron chi connectivity index (χ1n) is 6.20. The fourth-order valence-corrected chi connectivity index (χ4v) is 1.61. The van der Waals surface area contributed by atoms with E-state index in [-0.39, 0.29) is 5.91 Å². The van der Waals surface area contributed by atoms with Crippen molar-refractivity contribution in [1.82, 2.24) is 10.3 Å². The van der Waals surface area contributed by atoms with Crippen LogP contribution in [0, 0.1) is 0 Å². The zero-order valence-electron chi connectivity index (χ0n) is 11.0. The van der Waals surface area contributed by atoms with Crippen LogP contribution in [-0.2, 0) is 11.3 Å². The van der Waals surface area contributed by atoms with E-state index >= 15 is 0 Å². The molecule has 0 fully saturated rings. The van der Waals surface area contributed by atoms with Crippen LogP contribution in [0.25, 0.3) is 0 Å². The highest BCUT2D eigenvalue weighted by Gasteiger charge is 2.13. The largest absolute Gasteiger partial charge is 0.481 e. The highest BCUT2D eigenvalue weighted by molar-refractivity contribution is 5.81. The Morgan fingerprint density at radius 2 is 2.39 bits per heavy atom. The molecule has 0 aliphatic carbocycles. The highest BCUT2D eigenvalue weighted by Crippen LogP contribution is 2.12. The van der Waals surface area contributed by atoms with Gasteiger partial charge in [0.05, 0.1) is 13.2 Å². The number of hydrogen-bond acceptors (Lipinski definition) is 4. The number of carbonyl (C=O) groups excluding carboxylic acids is 1. The Balaban J connectivity index is 2.46. The van der Waals surface area contributed by atoms with Gasteiger partial charge in [0.2, 0.25) is 11.8 Å². The number of pyridine rings is 1. The topological polar surface area (TPSA) is 77.2 Å². The SMILES string of the molecule is CCCCC(N)C(=O)NCc1cccnc1OC. The number of rotatable bonds is 7. The van der Waals surface area contributed by atoms with Gasteiger partial charge in [-0.05, 0) is 12.5 Å². The minimum Gasteiger partial charge on any atom is -0.481 e. The van der Waals surface area contributed by atoms with Gasteiger partial charge in [0, 0.05) is 18.3 Å². The van der Waals surface area contributed by atoms with E-state index in [1.807, 2.05) is 6.07 Å². The summed E-state index contributed by atoms with van der Waals surface area (Å²) < 4.78 is 5.11. The average Bonchev–Trinajstić information content (AvgIpc) is 2.42. The Bertz CT molecular complexity index is 382. The third-order valence-electron chi connectivity index (χ3n) is 2.70. The number of nitrogens with two attached hydrogens (primary N) is 1. The van der Waals surface area contributed by atoms with Gasteiger partial charge in [-0.2, -0.15) is 0 Å². The minimum atomic E-state index is -0.437. The summed E-state index contributed by atoms with van der Waals surface area (Å²) in [6.07, 6.45) is 4.37. The molecule has 0 spiro atoms. The Hall–Kier alpha value is -1.62. The maximum atomic E-state index is 11.7. The van der Waals surface area contributed by atoms with E-state index in [9.17, 15) is 4.79 Å². The van der Waals surface area contributed by atoms with Gasteiger partial charge >= 0.3 is 0 Å². The second-order valence-corrected chi connectivity index (χ2v) is 4.14. The van der Waals surface area contributed by atoms with Gasteiger partial charge in [-0.1, -0.05) is 25.8 Å². The maximum Gasteiger partial charge on any atom is 0.237 e. The molecule has 1 atom stereocenters. The summed E-state index contributed by atoms with van der Waals surface area (Å²) in [6, 6.07) is 3.23. The van der Waals surface area contributed by atoms with Crippen LogP contribution in [0.2, 0.25) is 0 Å². The predicted molar refractivity (Wildman–Crippen MR) is 70.1 cm³/mol. The van der Waals surface area contributed by atoms with E-state index in [2.05, 4.69) is 17.2 Å². The number of nitrogens with one attached hydrogen (secondary N) is 1. The molecule has 18 heavy (non-hydrogen) atoms. The molecule has 1 amide bonds. The predicted octanol–water partition coefficient (Wildman–Crippen LogP) is 1.22. The number of ether oxygens (including phenoxy) is 1. The Morgan fingerprint density at radius 3 is 3.06 bits per heavy atom. The third-order valence-corrected chi connectivity index (χ3v) is 2.70. The standard InChI is InChI=1S/C13H21N3O2/c1-3-4-7-11(14)12(17)16-9-10-6-5-8-15-13(10)18-2/h5-6,8,11H,3-4,7,9,14H2,1-2H3,(H,16,17). The molecular weight excluding hydrogens is 230 g/mol. The van der Waals surface area contributed by atoms with Crippen LogP contribution in [0.3, 0.4) is 0 Å². The molecular formula is C13H21N3O2. The number of hydrogen-bond donors (Lipinski definition) is 2. The molecule has 1 aromatic rings. The maximum absolute atomic E-state index is 11.7. The van der Waals surface area contributed by atoms with Crippen LogP contribution in [-0.4, -0.2) is 24.0 Å². The lowest BCUT2D eigenvalue weighted by Gasteiger charge is -2.12. The molecule has 0 aliphatic rings. The van der Waals surface area contributed by atoms with Gasteiger partial charge in [0.15, 0.2) is 0 Å². The van der Waals surface area contributed by atoms with Crippen molar-refractivity contribution in [1.29, 1.82) is 0 Å². The van der Waals surface area contributed by atoms with Crippen LogP contribution >= 0.6 is 0 Å². The smallest absolute Gasteiger partial charge is 0.237 e. The lowest BCUT2D eigenvalue weighted by Crippen LogP contribution is -2.40. The van der Waals surface area contributed by atoms with Crippen molar-refractivity contribution in [3.8, 4) is 5.88 Å². The normalized spacial score (nSPS) is 11.9. The molecule has 5 heteroatoms. The highest BCUT2D eigenvalue weighted by atomic mass is 16.5. The van der Waals surface area contributed by atoms with Gasteiger partial charge in [-0.15, -0.1) is 0 Å². The zero-order valence-corrected chi connectivity index (χ0v) is 11.0. The van der Waals surface area contributed by atoms with Crippen LogP contribution in [0.5, 0.6) is 5.88 Å². The van der Waals surface area contributed by atoms with Gasteiger partial charge in [0.1, 0.15) is 0 Å². The van der Waals surface area contributed by atoms with Gasteiger partial charge < -0.3 is 15.8 Å². The van der Waals surface area contributed by atoms with Crippen molar-refractivity contribution in [2.75, 3.05) is 7.11 Å². The Kier molecular flexibility index (Phi) is 6.14. The molecule has 0 aliphatic heterocycles. The summed E-state index contributed by atoms with van der Waals surface area (Å²) in [7, 11) is 1.56. The molecule has 0 aromatic carbocycles. The molecule has 1 aromatic heterocycles. The van der Waals surface area contributed by atoms with Crippen molar-refractivity contribution in [2.45, 2.75) is 38.8 Å². The molecule has 0 bridgehead atoms. The summed E-state index contributed by atoms with van der Waals surface area (Å²) in [5.74, 6) is 0.397. The van der Waals surface area contributed by atoms with Crippen LogP contribution in [0.1, 0.15) is 31.7 Å². The van der Waals surface area contributed by atoms with Gasteiger partial charge in [-0.25, -0.2) is 4.98 Å².